The maximum Gasteiger partial charge on any atom is 0.269 e. The van der Waals surface area contributed by atoms with E-state index in [1.807, 2.05) is 31.4 Å². The highest BCUT2D eigenvalue weighted by atomic mass is 16.6. The van der Waals surface area contributed by atoms with Crippen molar-refractivity contribution in [3.05, 3.63) is 77.1 Å². The average molecular weight is 501 g/mol. The molecule has 0 amide bonds. The van der Waals surface area contributed by atoms with Gasteiger partial charge in [-0.2, -0.15) is 5.10 Å². The SMILES string of the molecule is Cn1cc(-c2ccnc(Nc3cccc(N4CCN(CCO)CC4)c3)n2)c(-c2ccc([N+](=O)[O-])cc2)n1. The molecule has 0 atom stereocenters. The quantitative estimate of drug-likeness (QED) is 0.277. The highest BCUT2D eigenvalue weighted by Crippen LogP contribution is 2.31. The molecule has 2 N–H and O–H groups in total. The number of piperazine rings is 1. The number of hydrogen-bond acceptors (Lipinski definition) is 9. The normalized spacial score (nSPS) is 14.1. The molecular weight excluding hydrogens is 472 g/mol. The summed E-state index contributed by atoms with van der Waals surface area (Å²) in [6, 6.07) is 16.3. The lowest BCUT2D eigenvalue weighted by atomic mass is 10.1. The minimum Gasteiger partial charge on any atom is -0.395 e. The van der Waals surface area contributed by atoms with Crippen molar-refractivity contribution in [3.8, 4) is 22.5 Å². The van der Waals surface area contributed by atoms with Crippen molar-refractivity contribution in [2.45, 2.75) is 0 Å². The van der Waals surface area contributed by atoms with Gasteiger partial charge in [-0.25, -0.2) is 9.97 Å². The Morgan fingerprint density at radius 1 is 1.08 bits per heavy atom. The zero-order valence-electron chi connectivity index (χ0n) is 20.5. The highest BCUT2D eigenvalue weighted by Gasteiger charge is 2.18. The molecule has 2 aromatic carbocycles. The Bertz CT molecular complexity index is 1380. The molecule has 11 nitrogen and oxygen atoms in total. The maximum atomic E-state index is 11.0. The second kappa shape index (κ2) is 10.7. The highest BCUT2D eigenvalue weighted by molar-refractivity contribution is 5.79. The van der Waals surface area contributed by atoms with Crippen molar-refractivity contribution in [2.75, 3.05) is 49.5 Å². The molecule has 1 aliphatic heterocycles. The maximum absolute atomic E-state index is 11.0. The summed E-state index contributed by atoms with van der Waals surface area (Å²) in [5.41, 5.74) is 4.98. The van der Waals surface area contributed by atoms with Gasteiger partial charge < -0.3 is 15.3 Å². The van der Waals surface area contributed by atoms with E-state index in [9.17, 15) is 15.2 Å². The van der Waals surface area contributed by atoms with E-state index in [2.05, 4.69) is 37.3 Å². The molecule has 3 heterocycles. The van der Waals surface area contributed by atoms with E-state index in [4.69, 9.17) is 4.98 Å². The third-order valence-corrected chi connectivity index (χ3v) is 6.37. The number of nitro groups is 1. The van der Waals surface area contributed by atoms with Crippen LogP contribution in [0.3, 0.4) is 0 Å². The summed E-state index contributed by atoms with van der Waals surface area (Å²) < 4.78 is 1.70. The Labute approximate surface area is 214 Å². The number of aliphatic hydroxyl groups is 1. The van der Waals surface area contributed by atoms with Gasteiger partial charge >= 0.3 is 0 Å². The lowest BCUT2D eigenvalue weighted by Gasteiger charge is -2.35. The van der Waals surface area contributed by atoms with Crippen LogP contribution in [0.2, 0.25) is 0 Å². The lowest BCUT2D eigenvalue weighted by Crippen LogP contribution is -2.47. The fraction of sp³-hybridized carbons (Fsp3) is 0.269. The van der Waals surface area contributed by atoms with E-state index >= 15 is 0 Å². The molecule has 0 bridgehead atoms. The second-order valence-electron chi connectivity index (χ2n) is 8.86. The molecule has 5 rings (SSSR count). The Morgan fingerprint density at radius 2 is 1.86 bits per heavy atom. The zero-order valence-corrected chi connectivity index (χ0v) is 20.5. The van der Waals surface area contributed by atoms with Gasteiger partial charge in [0.15, 0.2) is 0 Å². The molecule has 4 aromatic rings. The Hall–Kier alpha value is -4.35. The summed E-state index contributed by atoms with van der Waals surface area (Å²) in [6.07, 6.45) is 3.57. The fourth-order valence-electron chi connectivity index (χ4n) is 4.48. The number of β-amino-alcohol motifs (C(OH)–C–C–N with tert-alkyl or cyclic N) is 1. The first-order valence-electron chi connectivity index (χ1n) is 12.1. The summed E-state index contributed by atoms with van der Waals surface area (Å²) in [6.45, 7) is 4.56. The number of aromatic nitrogens is 4. The van der Waals surface area contributed by atoms with Crippen molar-refractivity contribution in [3.63, 3.8) is 0 Å². The van der Waals surface area contributed by atoms with Crippen LogP contribution >= 0.6 is 0 Å². The smallest absolute Gasteiger partial charge is 0.269 e. The first kappa shape index (κ1) is 24.3. The number of benzene rings is 2. The van der Waals surface area contributed by atoms with Crippen LogP contribution in [0.5, 0.6) is 0 Å². The number of non-ortho nitro benzene ring substituents is 1. The van der Waals surface area contributed by atoms with Crippen molar-refractivity contribution in [1.29, 1.82) is 0 Å². The molecule has 0 radical (unpaired) electrons. The van der Waals surface area contributed by atoms with Crippen LogP contribution in [0.25, 0.3) is 22.5 Å². The number of nitro benzene ring substituents is 1. The Morgan fingerprint density at radius 3 is 2.59 bits per heavy atom. The second-order valence-corrected chi connectivity index (χ2v) is 8.86. The van der Waals surface area contributed by atoms with Gasteiger partial charge in [0.2, 0.25) is 5.95 Å². The molecule has 1 saturated heterocycles. The van der Waals surface area contributed by atoms with Crippen LogP contribution < -0.4 is 10.2 Å². The van der Waals surface area contributed by atoms with E-state index in [0.29, 0.717) is 23.9 Å². The number of nitrogens with one attached hydrogen (secondary N) is 1. The number of nitrogens with zero attached hydrogens (tertiary/aromatic N) is 7. The molecular formula is C26H28N8O3. The standard InChI is InChI=1S/C26H28N8O3/c1-31-18-23(25(30-31)19-5-7-21(8-6-19)34(36)37)24-9-10-27-26(29-24)28-20-3-2-4-22(17-20)33-13-11-32(12-14-33)15-16-35/h2-10,17-18,35H,11-16H2,1H3,(H,27,28,29). The monoisotopic (exact) mass is 500 g/mol. The number of hydrogen-bond donors (Lipinski definition) is 2. The zero-order chi connectivity index (χ0) is 25.8. The van der Waals surface area contributed by atoms with Gasteiger partial charge in [0.1, 0.15) is 5.69 Å². The van der Waals surface area contributed by atoms with Crippen LogP contribution in [-0.4, -0.2) is 74.0 Å². The van der Waals surface area contributed by atoms with Crippen molar-refractivity contribution in [2.24, 2.45) is 7.05 Å². The molecule has 11 heteroatoms. The predicted octanol–water partition coefficient (Wildman–Crippen LogP) is 3.31. The van der Waals surface area contributed by atoms with Crippen LogP contribution in [0.15, 0.2) is 67.0 Å². The molecule has 37 heavy (non-hydrogen) atoms. The van der Waals surface area contributed by atoms with Gasteiger partial charge in [0, 0.05) is 86.8 Å². The van der Waals surface area contributed by atoms with Gasteiger partial charge in [-0.05, 0) is 36.4 Å². The van der Waals surface area contributed by atoms with Gasteiger partial charge in [0.25, 0.3) is 5.69 Å². The summed E-state index contributed by atoms with van der Waals surface area (Å²) in [4.78, 5) is 24.3. The minimum atomic E-state index is -0.419. The first-order valence-corrected chi connectivity index (χ1v) is 12.1. The summed E-state index contributed by atoms with van der Waals surface area (Å²) in [7, 11) is 1.83. The third kappa shape index (κ3) is 5.57. The number of aliphatic hydroxyl groups excluding tert-OH is 1. The van der Waals surface area contributed by atoms with E-state index in [1.54, 1.807) is 23.0 Å². The fourth-order valence-corrected chi connectivity index (χ4v) is 4.48. The van der Waals surface area contributed by atoms with E-state index < -0.39 is 4.92 Å². The molecule has 0 unspecified atom stereocenters. The van der Waals surface area contributed by atoms with E-state index in [1.165, 1.54) is 12.1 Å². The van der Waals surface area contributed by atoms with Crippen LogP contribution in [0.4, 0.5) is 23.0 Å². The van der Waals surface area contributed by atoms with Crippen LogP contribution in [0, 0.1) is 10.1 Å². The number of anilines is 3. The van der Waals surface area contributed by atoms with Crippen LogP contribution in [-0.2, 0) is 7.05 Å². The van der Waals surface area contributed by atoms with Gasteiger partial charge in [-0.15, -0.1) is 0 Å². The minimum absolute atomic E-state index is 0.0315. The third-order valence-electron chi connectivity index (χ3n) is 6.37. The summed E-state index contributed by atoms with van der Waals surface area (Å²) in [5, 5.41) is 28.1. The summed E-state index contributed by atoms with van der Waals surface area (Å²) >= 11 is 0. The number of rotatable bonds is 8. The van der Waals surface area contributed by atoms with Crippen LogP contribution in [0.1, 0.15) is 0 Å². The summed E-state index contributed by atoms with van der Waals surface area (Å²) in [5.74, 6) is 0.459. The number of aryl methyl sites for hydroxylation is 1. The van der Waals surface area contributed by atoms with Gasteiger partial charge in [0.05, 0.1) is 17.2 Å². The molecule has 0 spiro atoms. The molecule has 190 valence electrons. The first-order chi connectivity index (χ1) is 18.0. The van der Waals surface area contributed by atoms with E-state index in [-0.39, 0.29) is 12.3 Å². The van der Waals surface area contributed by atoms with Gasteiger partial charge in [-0.3, -0.25) is 19.7 Å². The lowest BCUT2D eigenvalue weighted by molar-refractivity contribution is -0.384. The molecule has 0 saturated carbocycles. The van der Waals surface area contributed by atoms with Crippen molar-refractivity contribution in [1.82, 2.24) is 24.6 Å². The topological polar surface area (TPSA) is 125 Å². The van der Waals surface area contributed by atoms with E-state index in [0.717, 1.165) is 48.7 Å². The Balaban J connectivity index is 1.35. The Kier molecular flexibility index (Phi) is 7.06. The molecule has 1 aliphatic rings. The average Bonchev–Trinajstić information content (AvgIpc) is 3.31. The molecule has 2 aromatic heterocycles. The van der Waals surface area contributed by atoms with Crippen molar-refractivity contribution < 1.29 is 10.0 Å². The predicted molar refractivity (Wildman–Crippen MR) is 142 cm³/mol. The molecule has 0 aliphatic carbocycles. The largest absolute Gasteiger partial charge is 0.395 e. The molecule has 1 fully saturated rings. The van der Waals surface area contributed by atoms with Crippen molar-refractivity contribution >= 4 is 23.0 Å². The van der Waals surface area contributed by atoms with Gasteiger partial charge in [-0.1, -0.05) is 6.07 Å².